The molecule has 1 fully saturated rings. The predicted molar refractivity (Wildman–Crippen MR) is 114 cm³/mol. The fourth-order valence-electron chi connectivity index (χ4n) is 3.69. The maximum absolute atomic E-state index is 12.7. The first-order chi connectivity index (χ1) is 13.7. The van der Waals surface area contributed by atoms with Crippen molar-refractivity contribution >= 4 is 5.91 Å². The third-order valence-corrected chi connectivity index (χ3v) is 5.34. The molecule has 1 unspecified atom stereocenters. The Balaban J connectivity index is 1.65. The molecule has 1 aliphatic heterocycles. The molecular weight excluding hydrogens is 348 g/mol. The fourth-order valence-corrected chi connectivity index (χ4v) is 3.69. The first kappa shape index (κ1) is 20.4. The molecule has 0 aliphatic carbocycles. The van der Waals surface area contributed by atoms with E-state index < -0.39 is 0 Å². The molecule has 1 heterocycles. The Bertz CT molecular complexity index is 734. The van der Waals surface area contributed by atoms with Gasteiger partial charge in [0.1, 0.15) is 5.75 Å². The second kappa shape index (κ2) is 10.3. The fraction of sp³-hybridized carbons (Fsp3) is 0.458. The van der Waals surface area contributed by atoms with E-state index in [9.17, 15) is 4.79 Å². The van der Waals surface area contributed by atoms with E-state index in [2.05, 4.69) is 48.3 Å². The number of hydrogen-bond donors (Lipinski definition) is 1. The first-order valence-corrected chi connectivity index (χ1v) is 10.5. The van der Waals surface area contributed by atoms with E-state index >= 15 is 0 Å². The van der Waals surface area contributed by atoms with E-state index in [4.69, 9.17) is 4.74 Å². The summed E-state index contributed by atoms with van der Waals surface area (Å²) >= 11 is 0. The first-order valence-electron chi connectivity index (χ1n) is 10.5. The van der Waals surface area contributed by atoms with Gasteiger partial charge in [-0.3, -0.25) is 9.69 Å². The van der Waals surface area contributed by atoms with Crippen LogP contribution in [0.4, 0.5) is 0 Å². The summed E-state index contributed by atoms with van der Waals surface area (Å²) in [6, 6.07) is 16.3. The lowest BCUT2D eigenvalue weighted by atomic mass is 10.0. The molecule has 4 heteroatoms. The monoisotopic (exact) mass is 380 g/mol. The van der Waals surface area contributed by atoms with Crippen molar-refractivity contribution in [2.75, 3.05) is 26.2 Å². The number of rotatable bonds is 8. The van der Waals surface area contributed by atoms with Crippen LogP contribution in [0.25, 0.3) is 0 Å². The summed E-state index contributed by atoms with van der Waals surface area (Å²) < 4.78 is 5.60. The highest BCUT2D eigenvalue weighted by Crippen LogP contribution is 2.24. The van der Waals surface area contributed by atoms with E-state index in [1.807, 2.05) is 24.3 Å². The van der Waals surface area contributed by atoms with Gasteiger partial charge < -0.3 is 10.1 Å². The molecular formula is C24H32N2O2. The van der Waals surface area contributed by atoms with Crippen LogP contribution in [0.2, 0.25) is 0 Å². The van der Waals surface area contributed by atoms with Gasteiger partial charge >= 0.3 is 0 Å². The number of hydrogen-bond acceptors (Lipinski definition) is 3. The minimum atomic E-state index is -0.0313. The number of carbonyl (C=O) groups is 1. The zero-order chi connectivity index (χ0) is 19.8. The molecule has 0 radical (unpaired) electrons. The number of aryl methyl sites for hydroxylation is 1. The number of nitrogens with zero attached hydrogens (tertiary/aromatic N) is 1. The maximum atomic E-state index is 12.7. The Morgan fingerprint density at radius 3 is 2.36 bits per heavy atom. The third kappa shape index (κ3) is 5.59. The Kier molecular flexibility index (Phi) is 7.49. The summed E-state index contributed by atoms with van der Waals surface area (Å²) in [5, 5.41) is 3.15. The number of benzene rings is 2. The normalized spacial score (nSPS) is 15.8. The quantitative estimate of drug-likeness (QED) is 0.719. The lowest BCUT2D eigenvalue weighted by Crippen LogP contribution is -2.40. The molecule has 0 spiro atoms. The Morgan fingerprint density at radius 1 is 1.04 bits per heavy atom. The van der Waals surface area contributed by atoms with Crippen molar-refractivity contribution in [3.05, 3.63) is 65.2 Å². The number of piperidine rings is 1. The van der Waals surface area contributed by atoms with Gasteiger partial charge in [-0.2, -0.15) is 0 Å². The Labute approximate surface area is 168 Å². The van der Waals surface area contributed by atoms with Crippen molar-refractivity contribution in [2.45, 2.75) is 45.6 Å². The molecule has 0 saturated carbocycles. The molecule has 1 aliphatic rings. The van der Waals surface area contributed by atoms with Crippen molar-refractivity contribution in [1.82, 2.24) is 10.2 Å². The zero-order valence-corrected chi connectivity index (χ0v) is 17.1. The van der Waals surface area contributed by atoms with Gasteiger partial charge in [0.2, 0.25) is 0 Å². The van der Waals surface area contributed by atoms with E-state index in [0.29, 0.717) is 18.7 Å². The summed E-state index contributed by atoms with van der Waals surface area (Å²) in [6.07, 6.45) is 4.74. The summed E-state index contributed by atoms with van der Waals surface area (Å²) in [7, 11) is 0. The van der Waals surface area contributed by atoms with Gasteiger partial charge in [0.15, 0.2) is 0 Å². The van der Waals surface area contributed by atoms with E-state index in [-0.39, 0.29) is 11.9 Å². The van der Waals surface area contributed by atoms with Crippen LogP contribution in [0, 0.1) is 6.92 Å². The smallest absolute Gasteiger partial charge is 0.251 e. The van der Waals surface area contributed by atoms with Crippen LogP contribution in [0.3, 0.4) is 0 Å². The summed E-state index contributed by atoms with van der Waals surface area (Å²) in [5.41, 5.74) is 3.21. The molecule has 28 heavy (non-hydrogen) atoms. The Morgan fingerprint density at radius 2 is 1.71 bits per heavy atom. The van der Waals surface area contributed by atoms with Crippen LogP contribution in [-0.2, 0) is 0 Å². The van der Waals surface area contributed by atoms with Gasteiger partial charge in [-0.05, 0) is 69.1 Å². The number of likely N-dealkylation sites (tertiary alicyclic amines) is 1. The van der Waals surface area contributed by atoms with Crippen LogP contribution in [0.15, 0.2) is 48.5 Å². The molecule has 2 aromatic carbocycles. The molecule has 3 rings (SSSR count). The Hall–Kier alpha value is -2.33. The summed E-state index contributed by atoms with van der Waals surface area (Å²) in [6.45, 7) is 7.69. The van der Waals surface area contributed by atoms with Crippen molar-refractivity contribution in [1.29, 1.82) is 0 Å². The topological polar surface area (TPSA) is 41.6 Å². The van der Waals surface area contributed by atoms with E-state index in [0.717, 1.165) is 25.3 Å². The summed E-state index contributed by atoms with van der Waals surface area (Å²) in [5.74, 6) is 0.778. The maximum Gasteiger partial charge on any atom is 0.251 e. The van der Waals surface area contributed by atoms with Crippen molar-refractivity contribution in [3.63, 3.8) is 0 Å². The molecule has 1 atom stereocenters. The van der Waals surface area contributed by atoms with Crippen LogP contribution < -0.4 is 10.1 Å². The second-order valence-electron chi connectivity index (χ2n) is 7.61. The van der Waals surface area contributed by atoms with Gasteiger partial charge in [0.25, 0.3) is 5.91 Å². The highest BCUT2D eigenvalue weighted by Gasteiger charge is 2.23. The predicted octanol–water partition coefficient (Wildman–Crippen LogP) is 4.74. The van der Waals surface area contributed by atoms with Crippen LogP contribution in [0.5, 0.6) is 5.75 Å². The molecule has 1 N–H and O–H groups in total. The second-order valence-corrected chi connectivity index (χ2v) is 7.61. The van der Waals surface area contributed by atoms with Gasteiger partial charge in [-0.25, -0.2) is 0 Å². The average Bonchev–Trinajstić information content (AvgIpc) is 2.74. The van der Waals surface area contributed by atoms with Gasteiger partial charge in [-0.15, -0.1) is 0 Å². The van der Waals surface area contributed by atoms with Gasteiger partial charge in [0, 0.05) is 12.1 Å². The number of nitrogens with one attached hydrogen (secondary N) is 1. The molecule has 0 bridgehead atoms. The molecule has 1 saturated heterocycles. The van der Waals surface area contributed by atoms with Crippen LogP contribution >= 0.6 is 0 Å². The van der Waals surface area contributed by atoms with Gasteiger partial charge in [0.05, 0.1) is 12.6 Å². The van der Waals surface area contributed by atoms with Crippen LogP contribution in [0.1, 0.15) is 60.1 Å². The molecule has 0 aromatic heterocycles. The van der Waals surface area contributed by atoms with Gasteiger partial charge in [-0.1, -0.05) is 43.2 Å². The SMILES string of the molecule is CCCOc1ccc(C(=O)NCC(c2ccc(C)cc2)N2CCCCC2)cc1. The van der Waals surface area contributed by atoms with E-state index in [1.165, 1.54) is 30.4 Å². The third-order valence-electron chi connectivity index (χ3n) is 5.34. The largest absolute Gasteiger partial charge is 0.494 e. The number of carbonyl (C=O) groups excluding carboxylic acids is 1. The van der Waals surface area contributed by atoms with Crippen LogP contribution in [-0.4, -0.2) is 37.0 Å². The molecule has 150 valence electrons. The number of ether oxygens (including phenoxy) is 1. The summed E-state index contributed by atoms with van der Waals surface area (Å²) in [4.78, 5) is 15.2. The lowest BCUT2D eigenvalue weighted by Gasteiger charge is -2.35. The zero-order valence-electron chi connectivity index (χ0n) is 17.1. The molecule has 4 nitrogen and oxygen atoms in total. The number of amides is 1. The average molecular weight is 381 g/mol. The molecule has 1 amide bonds. The van der Waals surface area contributed by atoms with Crippen molar-refractivity contribution in [2.24, 2.45) is 0 Å². The molecule has 2 aromatic rings. The van der Waals surface area contributed by atoms with E-state index in [1.54, 1.807) is 0 Å². The lowest BCUT2D eigenvalue weighted by molar-refractivity contribution is 0.0924. The van der Waals surface area contributed by atoms with Crippen molar-refractivity contribution in [3.8, 4) is 5.75 Å². The highest BCUT2D eigenvalue weighted by molar-refractivity contribution is 5.94. The standard InChI is InChI=1S/C24H32N2O2/c1-3-17-28-22-13-11-21(12-14-22)24(27)25-18-23(26-15-5-4-6-16-26)20-9-7-19(2)8-10-20/h7-14,23H,3-6,15-18H2,1-2H3,(H,25,27). The van der Waals surface area contributed by atoms with Crippen molar-refractivity contribution < 1.29 is 9.53 Å². The minimum absolute atomic E-state index is 0.0313. The highest BCUT2D eigenvalue weighted by atomic mass is 16.5. The minimum Gasteiger partial charge on any atom is -0.494 e.